The predicted octanol–water partition coefficient (Wildman–Crippen LogP) is 2.93. The van der Waals surface area contributed by atoms with Crippen molar-refractivity contribution >= 4 is 28.4 Å². The van der Waals surface area contributed by atoms with Gasteiger partial charge >= 0.3 is 0 Å². The highest BCUT2D eigenvalue weighted by molar-refractivity contribution is 14.1. The highest BCUT2D eigenvalue weighted by Crippen LogP contribution is 2.23. The molecule has 0 spiro atoms. The zero-order valence-corrected chi connectivity index (χ0v) is 11.3. The van der Waals surface area contributed by atoms with Gasteiger partial charge < -0.3 is 4.74 Å². The third-order valence-corrected chi connectivity index (χ3v) is 3.02. The first-order valence-corrected chi connectivity index (χ1v) is 6.08. The summed E-state index contributed by atoms with van der Waals surface area (Å²) >= 11 is 2.17. The summed E-state index contributed by atoms with van der Waals surface area (Å²) in [6, 6.07) is 8.92. The van der Waals surface area contributed by atoms with Gasteiger partial charge in [-0.25, -0.2) is 0 Å². The number of halogens is 1. The molecule has 0 atom stereocenters. The molecule has 0 N–H and O–H groups in total. The Kier molecular flexibility index (Phi) is 3.73. The van der Waals surface area contributed by atoms with Crippen molar-refractivity contribution in [3.63, 3.8) is 0 Å². The van der Waals surface area contributed by atoms with Crippen LogP contribution in [0.4, 0.5) is 0 Å². The summed E-state index contributed by atoms with van der Waals surface area (Å²) in [5.41, 5.74) is 1.19. The normalized spacial score (nSPS) is 10.0. The predicted molar refractivity (Wildman–Crippen MR) is 73.4 cm³/mol. The molecule has 86 valence electrons. The summed E-state index contributed by atoms with van der Waals surface area (Å²) in [4.78, 5) is 16.2. The molecule has 0 unspecified atom stereocenters. The van der Waals surface area contributed by atoms with Crippen molar-refractivity contribution in [1.29, 1.82) is 0 Å². The minimum absolute atomic E-state index is 0.0530. The fraction of sp³-hybridized carbons (Fsp3) is 0.0769. The molecule has 0 aliphatic heterocycles. The maximum atomic E-state index is 12.3. The molecule has 0 fully saturated rings. The first kappa shape index (κ1) is 12.0. The van der Waals surface area contributed by atoms with E-state index >= 15 is 0 Å². The van der Waals surface area contributed by atoms with E-state index in [4.69, 9.17) is 4.74 Å². The van der Waals surface area contributed by atoms with E-state index in [1.807, 2.05) is 12.1 Å². The Morgan fingerprint density at radius 3 is 2.59 bits per heavy atom. The van der Waals surface area contributed by atoms with Gasteiger partial charge in [0.25, 0.3) is 0 Å². The molecule has 2 rings (SSSR count). The van der Waals surface area contributed by atoms with Gasteiger partial charge in [0, 0.05) is 21.5 Å². The molecule has 0 radical (unpaired) electrons. The second-order valence-corrected chi connectivity index (χ2v) is 4.66. The number of aromatic nitrogens is 1. The Hall–Kier alpha value is -1.43. The van der Waals surface area contributed by atoms with Crippen LogP contribution in [-0.2, 0) is 0 Å². The quantitative estimate of drug-likeness (QED) is 0.638. The maximum absolute atomic E-state index is 12.3. The first-order valence-electron chi connectivity index (χ1n) is 5.00. The van der Waals surface area contributed by atoms with Crippen molar-refractivity contribution in [2.24, 2.45) is 0 Å². The number of hydrogen-bond acceptors (Lipinski definition) is 3. The molecule has 0 bridgehead atoms. The number of nitrogens with zero attached hydrogens (tertiary/aromatic N) is 1. The lowest BCUT2D eigenvalue weighted by atomic mass is 10.0. The lowest BCUT2D eigenvalue weighted by Gasteiger charge is -2.07. The van der Waals surface area contributed by atoms with Crippen LogP contribution >= 0.6 is 22.6 Å². The first-order chi connectivity index (χ1) is 8.22. The van der Waals surface area contributed by atoms with E-state index in [9.17, 15) is 4.79 Å². The summed E-state index contributed by atoms with van der Waals surface area (Å²) < 4.78 is 6.20. The molecule has 1 aromatic carbocycles. The number of ether oxygens (including phenoxy) is 1. The molecule has 17 heavy (non-hydrogen) atoms. The fourth-order valence-electron chi connectivity index (χ4n) is 1.52. The molecule has 4 heteroatoms. The summed E-state index contributed by atoms with van der Waals surface area (Å²) in [6.07, 6.45) is 3.21. The molecule has 1 aromatic heterocycles. The van der Waals surface area contributed by atoms with E-state index in [1.165, 1.54) is 0 Å². The molecular weight excluding hydrogens is 329 g/mol. The number of pyridine rings is 1. The monoisotopic (exact) mass is 339 g/mol. The average molecular weight is 339 g/mol. The number of ketones is 1. The van der Waals surface area contributed by atoms with Gasteiger partial charge in [-0.2, -0.15) is 0 Å². The number of rotatable bonds is 3. The van der Waals surface area contributed by atoms with Crippen LogP contribution < -0.4 is 4.74 Å². The van der Waals surface area contributed by atoms with Crippen molar-refractivity contribution in [2.75, 3.05) is 7.11 Å². The van der Waals surface area contributed by atoms with Gasteiger partial charge in [0.15, 0.2) is 5.78 Å². The van der Waals surface area contributed by atoms with Crippen molar-refractivity contribution in [3.05, 3.63) is 57.4 Å². The fourth-order valence-corrected chi connectivity index (χ4v) is 2.01. The molecule has 0 aliphatic carbocycles. The van der Waals surface area contributed by atoms with E-state index in [2.05, 4.69) is 27.6 Å². The number of methoxy groups -OCH3 is 1. The topological polar surface area (TPSA) is 39.2 Å². The van der Waals surface area contributed by atoms with Crippen LogP contribution in [0.2, 0.25) is 0 Å². The molecule has 0 saturated carbocycles. The van der Waals surface area contributed by atoms with Crippen LogP contribution in [0.5, 0.6) is 5.75 Å². The van der Waals surface area contributed by atoms with Gasteiger partial charge in [0.05, 0.1) is 12.7 Å². The summed E-state index contributed by atoms with van der Waals surface area (Å²) in [5.74, 6) is 0.537. The lowest BCUT2D eigenvalue weighted by molar-refractivity contribution is 0.103. The largest absolute Gasteiger partial charge is 0.496 e. The van der Waals surface area contributed by atoms with Gasteiger partial charge in [-0.3, -0.25) is 9.78 Å². The Balaban J connectivity index is 2.47. The Morgan fingerprint density at radius 2 is 1.94 bits per heavy atom. The van der Waals surface area contributed by atoms with Crippen LogP contribution in [0.25, 0.3) is 0 Å². The number of carbonyl (C=O) groups is 1. The molecular formula is C13H10INO2. The molecule has 2 aromatic rings. The number of hydrogen-bond donors (Lipinski definition) is 0. The van der Waals surface area contributed by atoms with E-state index in [1.54, 1.807) is 37.7 Å². The van der Waals surface area contributed by atoms with Crippen molar-refractivity contribution in [2.45, 2.75) is 0 Å². The van der Waals surface area contributed by atoms with Gasteiger partial charge in [0.1, 0.15) is 5.75 Å². The minimum atomic E-state index is -0.0530. The molecule has 3 nitrogen and oxygen atoms in total. The zero-order valence-electron chi connectivity index (χ0n) is 9.18. The van der Waals surface area contributed by atoms with Crippen LogP contribution in [0.1, 0.15) is 15.9 Å². The second-order valence-electron chi connectivity index (χ2n) is 3.41. The Morgan fingerprint density at radius 1 is 1.24 bits per heavy atom. The summed E-state index contributed by atoms with van der Waals surface area (Å²) in [6.45, 7) is 0. The van der Waals surface area contributed by atoms with Crippen LogP contribution in [0.3, 0.4) is 0 Å². The highest BCUT2D eigenvalue weighted by atomic mass is 127. The van der Waals surface area contributed by atoms with Crippen molar-refractivity contribution in [3.8, 4) is 5.75 Å². The van der Waals surface area contributed by atoms with E-state index in [0.717, 1.165) is 3.57 Å². The summed E-state index contributed by atoms with van der Waals surface area (Å²) in [5, 5.41) is 0. The SMILES string of the molecule is COc1ccc(I)cc1C(=O)c1ccncc1. The molecule has 0 aliphatic rings. The Labute approximate surface area is 113 Å². The smallest absolute Gasteiger partial charge is 0.196 e. The molecule has 0 amide bonds. The third-order valence-electron chi connectivity index (χ3n) is 2.35. The lowest BCUT2D eigenvalue weighted by Crippen LogP contribution is -2.04. The number of benzene rings is 1. The van der Waals surface area contributed by atoms with Crippen molar-refractivity contribution in [1.82, 2.24) is 4.98 Å². The standard InChI is InChI=1S/C13H10INO2/c1-17-12-3-2-10(14)8-11(12)13(16)9-4-6-15-7-5-9/h2-8H,1H3. The molecule has 0 saturated heterocycles. The van der Waals surface area contributed by atoms with Gasteiger partial charge in [-0.15, -0.1) is 0 Å². The minimum Gasteiger partial charge on any atom is -0.496 e. The zero-order chi connectivity index (χ0) is 12.3. The average Bonchev–Trinajstić information content (AvgIpc) is 2.39. The highest BCUT2D eigenvalue weighted by Gasteiger charge is 2.14. The third kappa shape index (κ3) is 2.63. The second kappa shape index (κ2) is 5.27. The van der Waals surface area contributed by atoms with Crippen LogP contribution in [-0.4, -0.2) is 17.9 Å². The van der Waals surface area contributed by atoms with E-state index in [-0.39, 0.29) is 5.78 Å². The summed E-state index contributed by atoms with van der Waals surface area (Å²) in [7, 11) is 1.56. The van der Waals surface area contributed by atoms with Gasteiger partial charge in [-0.05, 0) is 52.9 Å². The van der Waals surface area contributed by atoms with Gasteiger partial charge in [-0.1, -0.05) is 0 Å². The number of carbonyl (C=O) groups excluding carboxylic acids is 1. The van der Waals surface area contributed by atoms with E-state index < -0.39 is 0 Å². The van der Waals surface area contributed by atoms with E-state index in [0.29, 0.717) is 16.9 Å². The van der Waals surface area contributed by atoms with Crippen LogP contribution in [0.15, 0.2) is 42.7 Å². The maximum Gasteiger partial charge on any atom is 0.196 e. The Bertz CT molecular complexity index is 540. The molecule has 1 heterocycles. The van der Waals surface area contributed by atoms with Gasteiger partial charge in [0.2, 0.25) is 0 Å². The van der Waals surface area contributed by atoms with Crippen LogP contribution in [0, 0.1) is 3.57 Å². The van der Waals surface area contributed by atoms with Crippen molar-refractivity contribution < 1.29 is 9.53 Å².